The van der Waals surface area contributed by atoms with Gasteiger partial charge in [0.15, 0.2) is 0 Å². The molecule has 1 aromatic carbocycles. The van der Waals surface area contributed by atoms with Crippen molar-refractivity contribution < 1.29 is 5.11 Å². The van der Waals surface area contributed by atoms with Crippen molar-refractivity contribution >= 4 is 17.0 Å². The number of anilines is 1. The summed E-state index contributed by atoms with van der Waals surface area (Å²) in [6.07, 6.45) is 0.358. The van der Waals surface area contributed by atoms with Crippen LogP contribution >= 0.6 is 11.3 Å². The highest BCUT2D eigenvalue weighted by Crippen LogP contribution is 2.28. The fourth-order valence-corrected chi connectivity index (χ4v) is 2.82. The van der Waals surface area contributed by atoms with Crippen molar-refractivity contribution in [3.8, 4) is 0 Å². The zero-order valence-electron chi connectivity index (χ0n) is 10.8. The molecule has 0 aliphatic carbocycles. The van der Waals surface area contributed by atoms with E-state index in [2.05, 4.69) is 35.5 Å². The summed E-state index contributed by atoms with van der Waals surface area (Å²) in [4.78, 5) is 3.53. The largest absolute Gasteiger partial charge is 0.388 e. The van der Waals surface area contributed by atoms with E-state index < -0.39 is 0 Å². The second-order valence-corrected chi connectivity index (χ2v) is 5.45. The Morgan fingerprint density at radius 2 is 2.00 bits per heavy atom. The molecule has 1 aromatic heterocycles. The van der Waals surface area contributed by atoms with Crippen LogP contribution in [0.5, 0.6) is 0 Å². The SMILES string of the molecule is CC[C@@H](O)c1ccccc1N(C)Cc1cccs1. The van der Waals surface area contributed by atoms with Gasteiger partial charge in [0.1, 0.15) is 0 Å². The molecule has 1 N–H and O–H groups in total. The Labute approximate surface area is 113 Å². The molecule has 2 rings (SSSR count). The third kappa shape index (κ3) is 2.92. The highest BCUT2D eigenvalue weighted by molar-refractivity contribution is 7.09. The quantitative estimate of drug-likeness (QED) is 0.884. The van der Waals surface area contributed by atoms with Crippen molar-refractivity contribution in [3.63, 3.8) is 0 Å². The van der Waals surface area contributed by atoms with Crippen LogP contribution in [0.25, 0.3) is 0 Å². The first-order valence-electron chi connectivity index (χ1n) is 6.23. The van der Waals surface area contributed by atoms with Crippen LogP contribution in [0.4, 0.5) is 5.69 Å². The lowest BCUT2D eigenvalue weighted by Crippen LogP contribution is -2.18. The molecule has 18 heavy (non-hydrogen) atoms. The number of hydrogen-bond donors (Lipinski definition) is 1. The summed E-state index contributed by atoms with van der Waals surface area (Å²) in [7, 11) is 2.07. The summed E-state index contributed by atoms with van der Waals surface area (Å²) in [5.74, 6) is 0. The van der Waals surface area contributed by atoms with Crippen molar-refractivity contribution in [2.24, 2.45) is 0 Å². The van der Waals surface area contributed by atoms with Crippen LogP contribution in [0.15, 0.2) is 41.8 Å². The zero-order valence-corrected chi connectivity index (χ0v) is 11.7. The second kappa shape index (κ2) is 6.03. The van der Waals surface area contributed by atoms with Gasteiger partial charge >= 0.3 is 0 Å². The van der Waals surface area contributed by atoms with E-state index in [1.165, 1.54) is 4.88 Å². The zero-order chi connectivity index (χ0) is 13.0. The van der Waals surface area contributed by atoms with E-state index in [9.17, 15) is 5.11 Å². The van der Waals surface area contributed by atoms with Gasteiger partial charge in [-0.15, -0.1) is 11.3 Å². The van der Waals surface area contributed by atoms with Crippen molar-refractivity contribution in [3.05, 3.63) is 52.2 Å². The average Bonchev–Trinajstić information content (AvgIpc) is 2.90. The molecule has 1 heterocycles. The van der Waals surface area contributed by atoms with E-state index in [0.717, 1.165) is 24.2 Å². The number of benzene rings is 1. The van der Waals surface area contributed by atoms with Crippen LogP contribution in [-0.2, 0) is 6.54 Å². The van der Waals surface area contributed by atoms with Crippen molar-refractivity contribution in [1.82, 2.24) is 0 Å². The van der Waals surface area contributed by atoms with Crippen LogP contribution in [-0.4, -0.2) is 12.2 Å². The van der Waals surface area contributed by atoms with E-state index in [1.807, 2.05) is 25.1 Å². The molecule has 0 bridgehead atoms. The Morgan fingerprint density at radius 1 is 1.22 bits per heavy atom. The third-order valence-corrected chi connectivity index (χ3v) is 3.93. The molecule has 1 atom stereocenters. The molecule has 0 saturated carbocycles. The molecule has 0 amide bonds. The summed E-state index contributed by atoms with van der Waals surface area (Å²) in [6, 6.07) is 12.3. The Morgan fingerprint density at radius 3 is 2.67 bits per heavy atom. The fourth-order valence-electron chi connectivity index (χ4n) is 2.06. The number of aliphatic hydroxyl groups is 1. The van der Waals surface area contributed by atoms with Crippen LogP contribution in [0.1, 0.15) is 29.9 Å². The molecule has 0 unspecified atom stereocenters. The van der Waals surface area contributed by atoms with Gasteiger partial charge in [0.05, 0.1) is 12.6 Å². The van der Waals surface area contributed by atoms with Gasteiger partial charge in [-0.1, -0.05) is 31.2 Å². The molecule has 0 radical (unpaired) electrons. The van der Waals surface area contributed by atoms with E-state index in [-0.39, 0.29) is 6.10 Å². The van der Waals surface area contributed by atoms with Gasteiger partial charge in [-0.3, -0.25) is 0 Å². The summed E-state index contributed by atoms with van der Waals surface area (Å²) in [6.45, 7) is 2.88. The maximum atomic E-state index is 10.1. The Hall–Kier alpha value is -1.32. The van der Waals surface area contributed by atoms with Gasteiger partial charge < -0.3 is 10.0 Å². The predicted octanol–water partition coefficient (Wildman–Crippen LogP) is 3.83. The van der Waals surface area contributed by atoms with Crippen LogP contribution in [0.3, 0.4) is 0 Å². The van der Waals surface area contributed by atoms with Gasteiger partial charge in [-0.2, -0.15) is 0 Å². The third-order valence-electron chi connectivity index (χ3n) is 3.07. The number of rotatable bonds is 5. The minimum absolute atomic E-state index is 0.382. The van der Waals surface area contributed by atoms with Crippen LogP contribution < -0.4 is 4.90 Å². The summed E-state index contributed by atoms with van der Waals surface area (Å²) in [5.41, 5.74) is 2.12. The standard InChI is InChI=1S/C15H19NOS/c1-3-15(17)13-8-4-5-9-14(13)16(2)11-12-7-6-10-18-12/h4-10,15,17H,3,11H2,1-2H3/t15-/m1/s1. The lowest BCUT2D eigenvalue weighted by atomic mass is 10.0. The van der Waals surface area contributed by atoms with E-state index in [1.54, 1.807) is 11.3 Å². The summed E-state index contributed by atoms with van der Waals surface area (Å²) in [5, 5.41) is 12.2. The molecule has 0 aliphatic heterocycles. The van der Waals surface area contributed by atoms with E-state index in [0.29, 0.717) is 0 Å². The predicted molar refractivity (Wildman–Crippen MR) is 78.1 cm³/mol. The van der Waals surface area contributed by atoms with Crippen molar-refractivity contribution in [1.29, 1.82) is 0 Å². The number of hydrogen-bond acceptors (Lipinski definition) is 3. The molecular formula is C15H19NOS. The molecule has 0 aliphatic rings. The first-order valence-corrected chi connectivity index (χ1v) is 7.11. The minimum Gasteiger partial charge on any atom is -0.388 e. The Balaban J connectivity index is 2.21. The van der Waals surface area contributed by atoms with Crippen molar-refractivity contribution in [2.45, 2.75) is 26.0 Å². The molecule has 96 valence electrons. The summed E-state index contributed by atoms with van der Waals surface area (Å²) >= 11 is 1.76. The minimum atomic E-state index is -0.382. The van der Waals surface area contributed by atoms with E-state index >= 15 is 0 Å². The smallest absolute Gasteiger partial charge is 0.0807 e. The topological polar surface area (TPSA) is 23.5 Å². The van der Waals surface area contributed by atoms with Gasteiger partial charge in [-0.25, -0.2) is 0 Å². The van der Waals surface area contributed by atoms with Crippen LogP contribution in [0, 0.1) is 0 Å². The molecule has 0 spiro atoms. The molecule has 0 fully saturated rings. The molecule has 2 aromatic rings. The molecule has 2 nitrogen and oxygen atoms in total. The van der Waals surface area contributed by atoms with Gasteiger partial charge in [-0.05, 0) is 23.9 Å². The van der Waals surface area contributed by atoms with Gasteiger partial charge in [0, 0.05) is 23.2 Å². The first-order chi connectivity index (χ1) is 8.72. The average molecular weight is 261 g/mol. The van der Waals surface area contributed by atoms with Crippen LogP contribution in [0.2, 0.25) is 0 Å². The fraction of sp³-hybridized carbons (Fsp3) is 0.333. The maximum absolute atomic E-state index is 10.1. The molecule has 0 saturated heterocycles. The van der Waals surface area contributed by atoms with E-state index in [4.69, 9.17) is 0 Å². The van der Waals surface area contributed by atoms with Gasteiger partial charge in [0.25, 0.3) is 0 Å². The lowest BCUT2D eigenvalue weighted by molar-refractivity contribution is 0.174. The number of aliphatic hydroxyl groups excluding tert-OH is 1. The Bertz CT molecular complexity index is 481. The summed E-state index contributed by atoms with van der Waals surface area (Å²) < 4.78 is 0. The lowest BCUT2D eigenvalue weighted by Gasteiger charge is -2.23. The molecule has 3 heteroatoms. The monoisotopic (exact) mass is 261 g/mol. The number of para-hydroxylation sites is 1. The van der Waals surface area contributed by atoms with Gasteiger partial charge in [0.2, 0.25) is 0 Å². The van der Waals surface area contributed by atoms with Crippen molar-refractivity contribution in [2.75, 3.05) is 11.9 Å². The first kappa shape index (κ1) is 13.1. The normalized spacial score (nSPS) is 12.4. The number of nitrogens with zero attached hydrogens (tertiary/aromatic N) is 1. The highest BCUT2D eigenvalue weighted by Gasteiger charge is 2.13. The number of thiophene rings is 1. The Kier molecular flexibility index (Phi) is 4.39. The molecular weight excluding hydrogens is 242 g/mol. The highest BCUT2D eigenvalue weighted by atomic mass is 32.1. The maximum Gasteiger partial charge on any atom is 0.0807 e. The second-order valence-electron chi connectivity index (χ2n) is 4.42.